The predicted molar refractivity (Wildman–Crippen MR) is 202 cm³/mol. The van der Waals surface area contributed by atoms with Crippen LogP contribution in [0.1, 0.15) is 25.0 Å². The fourth-order valence-corrected chi connectivity index (χ4v) is 8.43. The van der Waals surface area contributed by atoms with E-state index in [1.807, 2.05) is 30.5 Å². The van der Waals surface area contributed by atoms with Crippen molar-refractivity contribution < 1.29 is 4.42 Å². The number of furan rings is 1. The van der Waals surface area contributed by atoms with Crippen molar-refractivity contribution in [3.63, 3.8) is 0 Å². The summed E-state index contributed by atoms with van der Waals surface area (Å²) in [4.78, 5) is 7.11. The molecule has 0 atom stereocenters. The van der Waals surface area contributed by atoms with Crippen molar-refractivity contribution in [1.82, 2.24) is 4.98 Å². The molecule has 4 heteroatoms. The number of nitrogens with zero attached hydrogens (tertiary/aromatic N) is 2. The molecule has 3 nitrogen and oxygen atoms in total. The predicted octanol–water partition coefficient (Wildman–Crippen LogP) is 12.9. The van der Waals surface area contributed by atoms with Crippen LogP contribution in [0.25, 0.3) is 55.4 Å². The molecule has 0 bridgehead atoms. The fourth-order valence-electron chi connectivity index (χ4n) is 7.49. The van der Waals surface area contributed by atoms with Crippen LogP contribution >= 0.6 is 15.9 Å². The van der Waals surface area contributed by atoms with Crippen LogP contribution in [0.2, 0.25) is 0 Å². The highest BCUT2D eigenvalue weighted by molar-refractivity contribution is 9.10. The number of halogens is 1. The second-order valence-corrected chi connectivity index (χ2v) is 13.8. The minimum Gasteiger partial charge on any atom is -0.456 e. The SMILES string of the molecule is CC1(C)c2ccccc2-c2cc(N(c3cc(-c4ccccc4)cc(-c4ccccn4)c3)c3ccc4c(c3)oc3ccccc34)cc(Br)c21. The standard InChI is InChI=1S/C44H31BrN2O/c1-44(2)38-16-8-6-14-34(38)37-25-33(26-39(45)43(37)44)47(31-19-20-36-35-15-7-9-18-41(35)48-42(36)27-31)32-23-29(28-12-4-3-5-13-28)22-30(24-32)40-17-10-11-21-46-40/h3-27H,1-2H3. The molecule has 1 aliphatic rings. The van der Waals surface area contributed by atoms with Crippen molar-refractivity contribution >= 4 is 54.9 Å². The molecule has 0 unspecified atom stereocenters. The number of hydrogen-bond acceptors (Lipinski definition) is 3. The van der Waals surface area contributed by atoms with E-state index in [9.17, 15) is 0 Å². The van der Waals surface area contributed by atoms with Crippen molar-refractivity contribution in [2.24, 2.45) is 0 Å². The van der Waals surface area contributed by atoms with Crippen molar-refractivity contribution in [1.29, 1.82) is 0 Å². The van der Waals surface area contributed by atoms with E-state index in [-0.39, 0.29) is 5.41 Å². The molecule has 0 N–H and O–H groups in total. The lowest BCUT2D eigenvalue weighted by molar-refractivity contribution is 0.657. The number of para-hydroxylation sites is 1. The molecule has 230 valence electrons. The summed E-state index contributed by atoms with van der Waals surface area (Å²) in [5.41, 5.74) is 14.1. The molecule has 0 saturated carbocycles. The van der Waals surface area contributed by atoms with Crippen LogP contribution in [0.15, 0.2) is 161 Å². The van der Waals surface area contributed by atoms with Crippen molar-refractivity contribution in [3.05, 3.63) is 167 Å². The van der Waals surface area contributed by atoms with Gasteiger partial charge in [-0.25, -0.2) is 0 Å². The Kier molecular flexibility index (Phi) is 6.63. The molecule has 48 heavy (non-hydrogen) atoms. The third-order valence-corrected chi connectivity index (χ3v) is 10.3. The van der Waals surface area contributed by atoms with Crippen molar-refractivity contribution in [3.8, 4) is 33.5 Å². The largest absolute Gasteiger partial charge is 0.456 e. The third kappa shape index (κ3) is 4.59. The Labute approximate surface area is 288 Å². The van der Waals surface area contributed by atoms with E-state index in [4.69, 9.17) is 9.40 Å². The van der Waals surface area contributed by atoms with Crippen molar-refractivity contribution in [2.45, 2.75) is 19.3 Å². The average Bonchev–Trinajstić information content (AvgIpc) is 3.61. The van der Waals surface area contributed by atoms with Gasteiger partial charge >= 0.3 is 0 Å². The van der Waals surface area contributed by atoms with Gasteiger partial charge < -0.3 is 9.32 Å². The van der Waals surface area contributed by atoms with Gasteiger partial charge in [0.1, 0.15) is 11.2 Å². The monoisotopic (exact) mass is 682 g/mol. The molecule has 0 spiro atoms. The summed E-state index contributed by atoms with van der Waals surface area (Å²) in [5, 5.41) is 2.22. The number of benzene rings is 6. The minimum atomic E-state index is -0.124. The minimum absolute atomic E-state index is 0.124. The molecular weight excluding hydrogens is 652 g/mol. The summed E-state index contributed by atoms with van der Waals surface area (Å²) >= 11 is 4.06. The molecule has 9 rings (SSSR count). The van der Waals surface area contributed by atoms with E-state index in [0.29, 0.717) is 0 Å². The molecular formula is C44H31BrN2O. The van der Waals surface area contributed by atoms with Crippen LogP contribution in [-0.4, -0.2) is 4.98 Å². The summed E-state index contributed by atoms with van der Waals surface area (Å²) in [6.07, 6.45) is 1.86. The number of pyridine rings is 1. The Hall–Kier alpha value is -5.45. The summed E-state index contributed by atoms with van der Waals surface area (Å²) in [7, 11) is 0. The smallest absolute Gasteiger partial charge is 0.137 e. The molecule has 2 heterocycles. The van der Waals surface area contributed by atoms with Gasteiger partial charge in [-0.3, -0.25) is 4.98 Å². The van der Waals surface area contributed by atoms with Gasteiger partial charge in [0, 0.05) is 55.5 Å². The van der Waals surface area contributed by atoms with Gasteiger partial charge in [-0.05, 0) is 94.0 Å². The maximum atomic E-state index is 6.43. The second kappa shape index (κ2) is 11.1. The zero-order chi connectivity index (χ0) is 32.4. The molecule has 8 aromatic rings. The zero-order valence-electron chi connectivity index (χ0n) is 26.6. The maximum absolute atomic E-state index is 6.43. The van der Waals surface area contributed by atoms with E-state index in [2.05, 4.69) is 156 Å². The number of hydrogen-bond donors (Lipinski definition) is 0. The highest BCUT2D eigenvalue weighted by Gasteiger charge is 2.37. The molecule has 0 saturated heterocycles. The van der Waals surface area contributed by atoms with Gasteiger partial charge in [-0.2, -0.15) is 0 Å². The Morgan fingerprint density at radius 3 is 2.15 bits per heavy atom. The van der Waals surface area contributed by atoms with Crippen molar-refractivity contribution in [2.75, 3.05) is 4.90 Å². The average molecular weight is 684 g/mol. The summed E-state index contributed by atoms with van der Waals surface area (Å²) in [5.74, 6) is 0. The summed E-state index contributed by atoms with van der Waals surface area (Å²) in [6.45, 7) is 4.63. The van der Waals surface area contributed by atoms with Crippen LogP contribution in [0.4, 0.5) is 17.1 Å². The molecule has 0 aliphatic heterocycles. The van der Waals surface area contributed by atoms with Crippen LogP contribution in [0, 0.1) is 0 Å². The van der Waals surface area contributed by atoms with Gasteiger partial charge in [0.25, 0.3) is 0 Å². The lowest BCUT2D eigenvalue weighted by Gasteiger charge is -2.29. The van der Waals surface area contributed by atoms with E-state index in [0.717, 1.165) is 65.9 Å². The Bertz CT molecular complexity index is 2440. The first-order valence-corrected chi connectivity index (χ1v) is 17.0. The van der Waals surface area contributed by atoms with E-state index in [1.165, 1.54) is 22.3 Å². The third-order valence-electron chi connectivity index (χ3n) is 9.71. The van der Waals surface area contributed by atoms with Crippen LogP contribution in [-0.2, 0) is 5.41 Å². The number of anilines is 3. The van der Waals surface area contributed by atoms with E-state index >= 15 is 0 Å². The molecule has 2 aromatic heterocycles. The maximum Gasteiger partial charge on any atom is 0.137 e. The topological polar surface area (TPSA) is 29.3 Å². The molecule has 0 fully saturated rings. The highest BCUT2D eigenvalue weighted by atomic mass is 79.9. The Balaban J connectivity index is 1.32. The van der Waals surface area contributed by atoms with Gasteiger partial charge in [-0.15, -0.1) is 0 Å². The quantitative estimate of drug-likeness (QED) is 0.181. The fraction of sp³-hybridized carbons (Fsp3) is 0.0682. The molecule has 0 amide bonds. The molecule has 1 aliphatic carbocycles. The van der Waals surface area contributed by atoms with Gasteiger partial charge in [0.15, 0.2) is 0 Å². The van der Waals surface area contributed by atoms with E-state index < -0.39 is 0 Å². The van der Waals surface area contributed by atoms with Gasteiger partial charge in [0.2, 0.25) is 0 Å². The first-order valence-electron chi connectivity index (χ1n) is 16.2. The molecule has 6 aromatic carbocycles. The number of fused-ring (bicyclic) bond motifs is 6. The highest BCUT2D eigenvalue weighted by Crippen LogP contribution is 2.54. The van der Waals surface area contributed by atoms with Gasteiger partial charge in [0.05, 0.1) is 5.69 Å². The second-order valence-electron chi connectivity index (χ2n) is 13.0. The normalized spacial score (nSPS) is 13.1. The lowest BCUT2D eigenvalue weighted by Crippen LogP contribution is -2.16. The Morgan fingerprint density at radius 2 is 1.29 bits per heavy atom. The van der Waals surface area contributed by atoms with Crippen LogP contribution in [0.5, 0.6) is 0 Å². The first-order chi connectivity index (χ1) is 23.5. The number of aromatic nitrogens is 1. The van der Waals surface area contributed by atoms with Crippen LogP contribution < -0.4 is 4.90 Å². The Morgan fingerprint density at radius 1 is 0.562 bits per heavy atom. The lowest BCUT2D eigenvalue weighted by atomic mass is 9.82. The van der Waals surface area contributed by atoms with Crippen LogP contribution in [0.3, 0.4) is 0 Å². The van der Waals surface area contributed by atoms with E-state index in [1.54, 1.807) is 0 Å². The molecule has 0 radical (unpaired) electrons. The zero-order valence-corrected chi connectivity index (χ0v) is 28.2. The summed E-state index contributed by atoms with van der Waals surface area (Å²) in [6, 6.07) is 51.6. The summed E-state index contributed by atoms with van der Waals surface area (Å²) < 4.78 is 7.52. The van der Waals surface area contributed by atoms with Gasteiger partial charge in [-0.1, -0.05) is 109 Å². The first kappa shape index (κ1) is 28.7. The number of rotatable bonds is 5.